The van der Waals surface area contributed by atoms with E-state index in [-0.39, 0.29) is 0 Å². The zero-order valence-corrected chi connectivity index (χ0v) is 13.7. The highest BCUT2D eigenvalue weighted by molar-refractivity contribution is 5.22. The van der Waals surface area contributed by atoms with Crippen molar-refractivity contribution in [3.05, 3.63) is 35.4 Å². The molecule has 0 aliphatic rings. The summed E-state index contributed by atoms with van der Waals surface area (Å²) < 4.78 is 5.74. The molecule has 0 aromatic heterocycles. The molecule has 0 aliphatic heterocycles. The smallest absolute Gasteiger partial charge is 0.0716 e. The van der Waals surface area contributed by atoms with Crippen LogP contribution in [-0.2, 0) is 17.8 Å². The zero-order valence-electron chi connectivity index (χ0n) is 13.7. The Balaban J connectivity index is 2.21. The molecule has 0 fully saturated rings. The van der Waals surface area contributed by atoms with Crippen molar-refractivity contribution >= 4 is 0 Å². The number of rotatable bonds is 9. The van der Waals surface area contributed by atoms with Gasteiger partial charge in [-0.15, -0.1) is 0 Å². The minimum Gasteiger partial charge on any atom is -0.377 e. The van der Waals surface area contributed by atoms with Crippen LogP contribution in [-0.4, -0.2) is 19.7 Å². The van der Waals surface area contributed by atoms with Gasteiger partial charge in [0.05, 0.1) is 6.61 Å². The molecule has 114 valence electrons. The molecule has 2 nitrogen and oxygen atoms in total. The molecule has 0 spiro atoms. The summed E-state index contributed by atoms with van der Waals surface area (Å²) in [6, 6.07) is 8.81. The summed E-state index contributed by atoms with van der Waals surface area (Å²) in [5, 5.41) is 3.43. The Morgan fingerprint density at radius 3 is 2.25 bits per heavy atom. The van der Waals surface area contributed by atoms with Gasteiger partial charge in [-0.1, -0.05) is 52.0 Å². The predicted molar refractivity (Wildman–Crippen MR) is 87.0 cm³/mol. The van der Waals surface area contributed by atoms with Crippen LogP contribution in [0, 0.1) is 5.41 Å². The molecule has 0 heterocycles. The molecule has 1 rings (SSSR count). The summed E-state index contributed by atoms with van der Waals surface area (Å²) in [5.41, 5.74) is 3.02. The summed E-state index contributed by atoms with van der Waals surface area (Å²) in [6.45, 7) is 12.7. The van der Waals surface area contributed by atoms with Crippen molar-refractivity contribution in [1.82, 2.24) is 5.32 Å². The Morgan fingerprint density at radius 2 is 1.65 bits per heavy atom. The molecule has 20 heavy (non-hydrogen) atoms. The van der Waals surface area contributed by atoms with Gasteiger partial charge >= 0.3 is 0 Å². The van der Waals surface area contributed by atoms with Crippen LogP contribution in [0.25, 0.3) is 0 Å². The van der Waals surface area contributed by atoms with Crippen molar-refractivity contribution < 1.29 is 4.74 Å². The van der Waals surface area contributed by atoms with Crippen LogP contribution >= 0.6 is 0 Å². The fourth-order valence-corrected chi connectivity index (χ4v) is 1.91. The van der Waals surface area contributed by atoms with E-state index in [4.69, 9.17) is 4.74 Å². The van der Waals surface area contributed by atoms with Crippen molar-refractivity contribution in [2.24, 2.45) is 5.41 Å². The molecule has 0 amide bonds. The van der Waals surface area contributed by atoms with Crippen LogP contribution in [0.4, 0.5) is 0 Å². The number of hydrogen-bond donors (Lipinski definition) is 1. The molecule has 0 saturated heterocycles. The second-order valence-electron chi connectivity index (χ2n) is 6.68. The van der Waals surface area contributed by atoms with Gasteiger partial charge < -0.3 is 10.1 Å². The van der Waals surface area contributed by atoms with Gasteiger partial charge in [-0.25, -0.2) is 0 Å². The van der Waals surface area contributed by atoms with Crippen LogP contribution in [0.2, 0.25) is 0 Å². The Hall–Kier alpha value is -0.860. The third kappa shape index (κ3) is 8.34. The molecule has 2 heteroatoms. The summed E-state index contributed by atoms with van der Waals surface area (Å²) >= 11 is 0. The molecule has 1 aromatic carbocycles. The minimum absolute atomic E-state index is 0.356. The Labute approximate surface area is 124 Å². The van der Waals surface area contributed by atoms with E-state index >= 15 is 0 Å². The van der Waals surface area contributed by atoms with E-state index in [9.17, 15) is 0 Å². The summed E-state index contributed by atoms with van der Waals surface area (Å²) in [6.07, 6.45) is 3.41. The van der Waals surface area contributed by atoms with Gasteiger partial charge in [0.2, 0.25) is 0 Å². The van der Waals surface area contributed by atoms with E-state index in [0.717, 1.165) is 39.1 Å². The molecule has 0 radical (unpaired) electrons. The second kappa shape index (κ2) is 9.15. The molecule has 0 saturated carbocycles. The van der Waals surface area contributed by atoms with Gasteiger partial charge in [-0.2, -0.15) is 0 Å². The van der Waals surface area contributed by atoms with E-state index in [1.54, 1.807) is 0 Å². The fourth-order valence-electron chi connectivity index (χ4n) is 1.91. The van der Waals surface area contributed by atoms with Crippen LogP contribution in [0.3, 0.4) is 0 Å². The largest absolute Gasteiger partial charge is 0.377 e. The lowest BCUT2D eigenvalue weighted by Gasteiger charge is -2.17. The highest BCUT2D eigenvalue weighted by Crippen LogP contribution is 2.18. The van der Waals surface area contributed by atoms with Gasteiger partial charge in [0.15, 0.2) is 0 Å². The Bertz CT molecular complexity index is 351. The first-order valence-electron chi connectivity index (χ1n) is 7.87. The van der Waals surface area contributed by atoms with Crippen molar-refractivity contribution in [3.63, 3.8) is 0 Å². The first-order chi connectivity index (χ1) is 9.51. The third-order valence-corrected chi connectivity index (χ3v) is 3.31. The maximum Gasteiger partial charge on any atom is 0.0716 e. The molecular formula is C18H31NO. The molecular weight excluding hydrogens is 246 g/mol. The minimum atomic E-state index is 0.356. The summed E-state index contributed by atoms with van der Waals surface area (Å²) in [7, 11) is 0. The average molecular weight is 277 g/mol. The highest BCUT2D eigenvalue weighted by Gasteiger charge is 2.09. The van der Waals surface area contributed by atoms with Crippen LogP contribution in [0.5, 0.6) is 0 Å². The molecule has 0 aliphatic carbocycles. The van der Waals surface area contributed by atoms with E-state index in [2.05, 4.69) is 57.3 Å². The van der Waals surface area contributed by atoms with Gasteiger partial charge in [0.25, 0.3) is 0 Å². The monoisotopic (exact) mass is 277 g/mol. The van der Waals surface area contributed by atoms with Crippen LogP contribution < -0.4 is 5.32 Å². The standard InChI is InChI=1S/C18H31NO/c1-5-12-19-13-10-16-6-8-17(9-7-16)15-20-14-11-18(2,3)4/h6-9,19H,5,10-15H2,1-4H3. The molecule has 1 N–H and O–H groups in total. The van der Waals surface area contributed by atoms with Gasteiger partial charge in [-0.05, 0) is 48.9 Å². The van der Waals surface area contributed by atoms with Crippen molar-refractivity contribution in [2.45, 2.75) is 53.6 Å². The first-order valence-corrected chi connectivity index (χ1v) is 7.87. The van der Waals surface area contributed by atoms with Gasteiger partial charge in [0, 0.05) is 6.61 Å². The van der Waals surface area contributed by atoms with E-state index in [1.165, 1.54) is 17.5 Å². The van der Waals surface area contributed by atoms with E-state index < -0.39 is 0 Å². The fraction of sp³-hybridized carbons (Fsp3) is 0.667. The lowest BCUT2D eigenvalue weighted by Crippen LogP contribution is -2.17. The first kappa shape index (κ1) is 17.2. The predicted octanol–water partition coefficient (Wildman–Crippen LogP) is 4.18. The zero-order chi connectivity index (χ0) is 14.8. The lowest BCUT2D eigenvalue weighted by molar-refractivity contribution is 0.0962. The molecule has 0 unspecified atom stereocenters. The van der Waals surface area contributed by atoms with Crippen LogP contribution in [0.15, 0.2) is 24.3 Å². The highest BCUT2D eigenvalue weighted by atomic mass is 16.5. The van der Waals surface area contributed by atoms with Crippen molar-refractivity contribution in [3.8, 4) is 0 Å². The Morgan fingerprint density at radius 1 is 1.00 bits per heavy atom. The average Bonchev–Trinajstić information content (AvgIpc) is 2.40. The molecule has 0 atom stereocenters. The van der Waals surface area contributed by atoms with Gasteiger partial charge in [-0.3, -0.25) is 0 Å². The molecule has 0 bridgehead atoms. The van der Waals surface area contributed by atoms with E-state index in [0.29, 0.717) is 5.41 Å². The van der Waals surface area contributed by atoms with Crippen molar-refractivity contribution in [2.75, 3.05) is 19.7 Å². The summed E-state index contributed by atoms with van der Waals surface area (Å²) in [4.78, 5) is 0. The number of hydrogen-bond acceptors (Lipinski definition) is 2. The second-order valence-corrected chi connectivity index (χ2v) is 6.68. The topological polar surface area (TPSA) is 21.3 Å². The number of benzene rings is 1. The van der Waals surface area contributed by atoms with Crippen molar-refractivity contribution in [1.29, 1.82) is 0 Å². The maximum atomic E-state index is 5.74. The normalized spacial score (nSPS) is 11.8. The maximum absolute atomic E-state index is 5.74. The molecule has 1 aromatic rings. The SMILES string of the molecule is CCCNCCc1ccc(COCCC(C)(C)C)cc1. The summed E-state index contributed by atoms with van der Waals surface area (Å²) in [5.74, 6) is 0. The van der Waals surface area contributed by atoms with E-state index in [1.807, 2.05) is 0 Å². The third-order valence-electron chi connectivity index (χ3n) is 3.31. The number of nitrogens with one attached hydrogen (secondary N) is 1. The Kier molecular flexibility index (Phi) is 7.86. The quantitative estimate of drug-likeness (QED) is 0.684. The van der Waals surface area contributed by atoms with Crippen LogP contribution in [0.1, 0.15) is 51.7 Å². The number of ether oxygens (including phenoxy) is 1. The lowest BCUT2D eigenvalue weighted by atomic mass is 9.93. The van der Waals surface area contributed by atoms with Gasteiger partial charge in [0.1, 0.15) is 0 Å².